The van der Waals surface area contributed by atoms with E-state index in [9.17, 15) is 18.8 Å². The number of β-lactam (4-membered cyclic amide) rings is 1. The monoisotopic (exact) mass is 472 g/mol. The molecule has 0 bridgehead atoms. The summed E-state index contributed by atoms with van der Waals surface area (Å²) < 4.78 is 12.9. The number of likely N-dealkylation sites (tertiary alicyclic amines) is 1. The van der Waals surface area contributed by atoms with Crippen molar-refractivity contribution in [3.05, 3.63) is 71.0 Å². The summed E-state index contributed by atoms with van der Waals surface area (Å²) in [6.45, 7) is 1.13. The number of carboxylic acids is 1. The van der Waals surface area contributed by atoms with Crippen LogP contribution in [-0.4, -0.2) is 46.3 Å². The highest BCUT2D eigenvalue weighted by atomic mass is 32.2. The minimum absolute atomic E-state index is 0.0235. The van der Waals surface area contributed by atoms with Crippen LogP contribution in [0.3, 0.4) is 0 Å². The van der Waals surface area contributed by atoms with E-state index in [0.29, 0.717) is 25.3 Å². The zero-order valence-electron chi connectivity index (χ0n) is 18.5. The Hall–Kier alpha value is -2.87. The Bertz CT molecular complexity index is 950. The number of carbonyl (C=O) groups excluding carboxylic acids is 2. The van der Waals surface area contributed by atoms with Gasteiger partial charge in [-0.2, -0.15) is 0 Å². The molecule has 2 aromatic rings. The molecule has 1 atom stereocenters. The second kappa shape index (κ2) is 12.4. The number of amides is 2. The Kier molecular flexibility index (Phi) is 9.30. The van der Waals surface area contributed by atoms with Crippen LogP contribution in [0.5, 0.6) is 0 Å². The third-order valence-electron chi connectivity index (χ3n) is 5.61. The number of halogens is 1. The van der Waals surface area contributed by atoms with Crippen LogP contribution >= 0.6 is 11.8 Å². The number of unbranched alkanes of at least 4 members (excludes halogenated alkanes) is 3. The molecule has 0 aromatic heterocycles. The molecule has 1 aliphatic heterocycles. The zero-order valence-corrected chi connectivity index (χ0v) is 19.3. The molecule has 1 fully saturated rings. The predicted octanol–water partition coefficient (Wildman–Crippen LogP) is 4.23. The van der Waals surface area contributed by atoms with Gasteiger partial charge >= 0.3 is 5.97 Å². The topological polar surface area (TPSA) is 86.7 Å². The summed E-state index contributed by atoms with van der Waals surface area (Å²) in [5.74, 6) is -0.883. The van der Waals surface area contributed by atoms with E-state index >= 15 is 0 Å². The molecular weight excluding hydrogens is 443 g/mol. The lowest BCUT2D eigenvalue weighted by atomic mass is 10.1. The van der Waals surface area contributed by atoms with Crippen LogP contribution in [0.4, 0.5) is 4.39 Å². The molecule has 1 saturated heterocycles. The van der Waals surface area contributed by atoms with Gasteiger partial charge in [0, 0.05) is 25.3 Å². The van der Waals surface area contributed by atoms with Gasteiger partial charge in [0.05, 0.1) is 5.56 Å². The van der Waals surface area contributed by atoms with E-state index in [1.165, 1.54) is 36.0 Å². The molecule has 3 rings (SSSR count). The maximum absolute atomic E-state index is 12.9. The summed E-state index contributed by atoms with van der Waals surface area (Å²) >= 11 is 1.37. The van der Waals surface area contributed by atoms with E-state index in [1.807, 2.05) is 12.1 Å². The van der Waals surface area contributed by atoms with Gasteiger partial charge in [0.15, 0.2) is 5.37 Å². The number of benzene rings is 2. The van der Waals surface area contributed by atoms with Crippen LogP contribution in [0.15, 0.2) is 48.5 Å². The summed E-state index contributed by atoms with van der Waals surface area (Å²) in [7, 11) is 0. The third-order valence-corrected chi connectivity index (χ3v) is 6.89. The van der Waals surface area contributed by atoms with Crippen molar-refractivity contribution in [3.63, 3.8) is 0 Å². The molecule has 8 heteroatoms. The van der Waals surface area contributed by atoms with Crippen molar-refractivity contribution >= 4 is 29.5 Å². The number of carbonyl (C=O) groups is 3. The van der Waals surface area contributed by atoms with E-state index in [1.54, 1.807) is 17.0 Å². The molecule has 2 aromatic carbocycles. The summed E-state index contributed by atoms with van der Waals surface area (Å²) in [5.41, 5.74) is 2.24. The fourth-order valence-electron chi connectivity index (χ4n) is 3.56. The van der Waals surface area contributed by atoms with E-state index in [-0.39, 0.29) is 23.2 Å². The molecule has 0 radical (unpaired) electrons. The van der Waals surface area contributed by atoms with Crippen LogP contribution in [0.1, 0.15) is 53.6 Å². The molecule has 2 amide bonds. The van der Waals surface area contributed by atoms with Crippen LogP contribution < -0.4 is 5.32 Å². The van der Waals surface area contributed by atoms with Crippen molar-refractivity contribution in [1.82, 2.24) is 10.2 Å². The first-order chi connectivity index (χ1) is 15.9. The molecule has 2 N–H and O–H groups in total. The number of rotatable bonds is 13. The molecule has 33 heavy (non-hydrogen) atoms. The van der Waals surface area contributed by atoms with Crippen molar-refractivity contribution < 1.29 is 23.9 Å². The average molecular weight is 473 g/mol. The average Bonchev–Trinajstić information content (AvgIpc) is 2.81. The molecule has 0 spiro atoms. The number of carboxylic acid groups (broad SMARTS) is 1. The summed E-state index contributed by atoms with van der Waals surface area (Å²) in [6.07, 6.45) is 5.26. The molecular formula is C25H29FN2O4S. The van der Waals surface area contributed by atoms with Crippen molar-refractivity contribution in [2.24, 2.45) is 0 Å². The van der Waals surface area contributed by atoms with E-state index < -0.39 is 11.3 Å². The van der Waals surface area contributed by atoms with Gasteiger partial charge in [-0.1, -0.05) is 37.1 Å². The minimum atomic E-state index is -0.979. The highest BCUT2D eigenvalue weighted by Crippen LogP contribution is 2.26. The van der Waals surface area contributed by atoms with E-state index in [4.69, 9.17) is 5.11 Å². The number of nitrogens with zero attached hydrogens (tertiary/aromatic N) is 1. The lowest BCUT2D eigenvalue weighted by Gasteiger charge is -2.36. The summed E-state index contributed by atoms with van der Waals surface area (Å²) in [6, 6.07) is 13.1. The predicted molar refractivity (Wildman–Crippen MR) is 126 cm³/mol. The Morgan fingerprint density at radius 2 is 1.67 bits per heavy atom. The van der Waals surface area contributed by atoms with Crippen LogP contribution in [-0.2, 0) is 21.8 Å². The molecule has 1 heterocycles. The van der Waals surface area contributed by atoms with Gasteiger partial charge in [0.25, 0.3) is 5.91 Å². The fraction of sp³-hybridized carbons (Fsp3) is 0.400. The smallest absolute Gasteiger partial charge is 0.335 e. The van der Waals surface area contributed by atoms with Gasteiger partial charge in [-0.15, -0.1) is 11.8 Å². The first-order valence-electron chi connectivity index (χ1n) is 11.2. The lowest BCUT2D eigenvalue weighted by molar-refractivity contribution is -0.145. The first-order valence-corrected chi connectivity index (χ1v) is 12.2. The second-order valence-electron chi connectivity index (χ2n) is 8.08. The highest BCUT2D eigenvalue weighted by Gasteiger charge is 2.35. The van der Waals surface area contributed by atoms with Gasteiger partial charge < -0.3 is 15.3 Å². The molecule has 1 unspecified atom stereocenters. The molecule has 176 valence electrons. The number of thioether (sulfide) groups is 1. The molecule has 6 nitrogen and oxygen atoms in total. The van der Waals surface area contributed by atoms with E-state index in [2.05, 4.69) is 5.32 Å². The quantitative estimate of drug-likeness (QED) is 0.336. The highest BCUT2D eigenvalue weighted by molar-refractivity contribution is 7.99. The Balaban J connectivity index is 1.38. The van der Waals surface area contributed by atoms with Crippen molar-refractivity contribution in [2.45, 2.75) is 49.7 Å². The van der Waals surface area contributed by atoms with E-state index in [0.717, 1.165) is 43.2 Å². The fourth-order valence-corrected chi connectivity index (χ4v) is 4.74. The van der Waals surface area contributed by atoms with Crippen LogP contribution in [0.2, 0.25) is 0 Å². The maximum atomic E-state index is 12.9. The number of nitrogens with one attached hydrogen (secondary N) is 1. The summed E-state index contributed by atoms with van der Waals surface area (Å²) in [4.78, 5) is 37.3. The Morgan fingerprint density at radius 3 is 2.27 bits per heavy atom. The number of aromatic carboxylic acids is 1. The van der Waals surface area contributed by atoms with Gasteiger partial charge in [0.1, 0.15) is 5.82 Å². The largest absolute Gasteiger partial charge is 0.478 e. The second-order valence-corrected chi connectivity index (χ2v) is 9.15. The standard InChI is InChI=1S/C25H29FN2O4S/c26-21-12-8-18(9-13-21)5-3-1-2-4-15-27-23(30)24(28-16-14-22(28)29)33-17-19-6-10-20(11-7-19)25(31)32/h6-13,24H,1-5,14-17H2,(H,27,30)(H,31,32). The van der Waals surface area contributed by atoms with Gasteiger partial charge in [0.2, 0.25) is 5.91 Å². The van der Waals surface area contributed by atoms with Gasteiger partial charge in [-0.05, 0) is 54.7 Å². The molecule has 1 aliphatic rings. The first kappa shape index (κ1) is 24.8. The lowest BCUT2D eigenvalue weighted by Crippen LogP contribution is -2.54. The maximum Gasteiger partial charge on any atom is 0.335 e. The minimum Gasteiger partial charge on any atom is -0.478 e. The Morgan fingerprint density at radius 1 is 1.00 bits per heavy atom. The number of hydrogen-bond donors (Lipinski definition) is 2. The van der Waals surface area contributed by atoms with Crippen molar-refractivity contribution in [3.8, 4) is 0 Å². The van der Waals surface area contributed by atoms with Crippen molar-refractivity contribution in [1.29, 1.82) is 0 Å². The SMILES string of the molecule is O=C(O)c1ccc(CSC(C(=O)NCCCCCCc2ccc(F)cc2)N2CCC2=O)cc1. The zero-order chi connectivity index (χ0) is 23.6. The number of aryl methyl sites for hydroxylation is 1. The normalized spacial score (nSPS) is 14.0. The van der Waals surface area contributed by atoms with Gasteiger partial charge in [-0.3, -0.25) is 9.59 Å². The number of hydrogen-bond acceptors (Lipinski definition) is 4. The van der Waals surface area contributed by atoms with Crippen molar-refractivity contribution in [2.75, 3.05) is 13.1 Å². The van der Waals surface area contributed by atoms with Gasteiger partial charge in [-0.25, -0.2) is 9.18 Å². The molecule has 0 aliphatic carbocycles. The van der Waals surface area contributed by atoms with Crippen LogP contribution in [0.25, 0.3) is 0 Å². The third kappa shape index (κ3) is 7.60. The summed E-state index contributed by atoms with van der Waals surface area (Å²) in [5, 5.41) is 11.4. The molecule has 0 saturated carbocycles. The van der Waals surface area contributed by atoms with Crippen LogP contribution in [0, 0.1) is 5.82 Å². The Labute approximate surface area is 197 Å².